The second-order valence-electron chi connectivity index (χ2n) is 4.58. The van der Waals surface area contributed by atoms with Crippen molar-refractivity contribution < 1.29 is 4.74 Å². The summed E-state index contributed by atoms with van der Waals surface area (Å²) in [4.78, 5) is 0. The molecule has 0 saturated carbocycles. The highest BCUT2D eigenvalue weighted by Crippen LogP contribution is 2.16. The summed E-state index contributed by atoms with van der Waals surface area (Å²) in [5.41, 5.74) is 4.98. The van der Waals surface area contributed by atoms with E-state index in [1.54, 1.807) is 7.11 Å². The van der Waals surface area contributed by atoms with Crippen molar-refractivity contribution >= 4 is 5.69 Å². The molecule has 0 radical (unpaired) electrons. The maximum Gasteiger partial charge on any atom is 0.118 e. The molecule has 0 saturated heterocycles. The highest BCUT2D eigenvalue weighted by Gasteiger charge is 1.97. The summed E-state index contributed by atoms with van der Waals surface area (Å²) in [5, 5.41) is 3.44. The van der Waals surface area contributed by atoms with Crippen molar-refractivity contribution in [2.75, 3.05) is 12.4 Å². The lowest BCUT2D eigenvalue weighted by Gasteiger charge is -2.09. The fraction of sp³-hybridized carbons (Fsp3) is 0.250. The molecule has 0 bridgehead atoms. The van der Waals surface area contributed by atoms with Gasteiger partial charge in [-0.2, -0.15) is 0 Å². The summed E-state index contributed by atoms with van der Waals surface area (Å²) in [6, 6.07) is 14.6. The number of aryl methyl sites for hydroxylation is 2. The van der Waals surface area contributed by atoms with Gasteiger partial charge in [-0.25, -0.2) is 0 Å². The second-order valence-corrected chi connectivity index (χ2v) is 4.58. The number of nitrogens with one attached hydrogen (secondary N) is 1. The van der Waals surface area contributed by atoms with Crippen molar-refractivity contribution in [3.63, 3.8) is 0 Å². The Morgan fingerprint density at radius 2 is 1.56 bits per heavy atom. The fourth-order valence-corrected chi connectivity index (χ4v) is 2.02. The summed E-state index contributed by atoms with van der Waals surface area (Å²) in [5.74, 6) is 0.894. The van der Waals surface area contributed by atoms with E-state index in [9.17, 15) is 0 Å². The van der Waals surface area contributed by atoms with Gasteiger partial charge in [-0.1, -0.05) is 18.2 Å². The standard InChI is InChI=1S/C16H19NO/c1-12-8-13(2)10-15(9-12)17-11-14-4-6-16(18-3)7-5-14/h4-10,17H,11H2,1-3H3. The van der Waals surface area contributed by atoms with Gasteiger partial charge < -0.3 is 10.1 Å². The Labute approximate surface area is 109 Å². The molecular formula is C16H19NO. The lowest BCUT2D eigenvalue weighted by Crippen LogP contribution is -2.00. The van der Waals surface area contributed by atoms with E-state index in [1.165, 1.54) is 22.4 Å². The SMILES string of the molecule is COc1ccc(CNc2cc(C)cc(C)c2)cc1. The third-order valence-electron chi connectivity index (χ3n) is 2.88. The molecular weight excluding hydrogens is 222 g/mol. The molecule has 2 aromatic carbocycles. The minimum Gasteiger partial charge on any atom is -0.497 e. The van der Waals surface area contributed by atoms with E-state index < -0.39 is 0 Å². The average molecular weight is 241 g/mol. The molecule has 0 heterocycles. The fourth-order valence-electron chi connectivity index (χ4n) is 2.02. The second kappa shape index (κ2) is 5.58. The van der Waals surface area contributed by atoms with Gasteiger partial charge in [-0.3, -0.25) is 0 Å². The molecule has 18 heavy (non-hydrogen) atoms. The van der Waals surface area contributed by atoms with Crippen LogP contribution in [0, 0.1) is 13.8 Å². The van der Waals surface area contributed by atoms with Crippen molar-refractivity contribution in [2.45, 2.75) is 20.4 Å². The molecule has 2 heteroatoms. The van der Waals surface area contributed by atoms with Gasteiger partial charge in [0.15, 0.2) is 0 Å². The van der Waals surface area contributed by atoms with Crippen LogP contribution in [0.4, 0.5) is 5.69 Å². The largest absolute Gasteiger partial charge is 0.497 e. The van der Waals surface area contributed by atoms with Crippen LogP contribution < -0.4 is 10.1 Å². The van der Waals surface area contributed by atoms with Crippen LogP contribution >= 0.6 is 0 Å². The summed E-state index contributed by atoms with van der Waals surface area (Å²) in [7, 11) is 1.68. The first-order valence-corrected chi connectivity index (χ1v) is 6.12. The van der Waals surface area contributed by atoms with Gasteiger partial charge in [0.05, 0.1) is 7.11 Å². The number of rotatable bonds is 4. The van der Waals surface area contributed by atoms with E-state index in [0.717, 1.165) is 12.3 Å². The van der Waals surface area contributed by atoms with Crippen molar-refractivity contribution in [1.82, 2.24) is 0 Å². The summed E-state index contributed by atoms with van der Waals surface area (Å²) in [6.45, 7) is 5.06. The highest BCUT2D eigenvalue weighted by molar-refractivity contribution is 5.48. The quantitative estimate of drug-likeness (QED) is 0.875. The minimum atomic E-state index is 0.826. The zero-order chi connectivity index (χ0) is 13.0. The third kappa shape index (κ3) is 3.27. The van der Waals surface area contributed by atoms with Gasteiger partial charge in [-0.15, -0.1) is 0 Å². The van der Waals surface area contributed by atoms with Crippen molar-refractivity contribution in [3.05, 3.63) is 59.2 Å². The van der Waals surface area contributed by atoms with Crippen molar-refractivity contribution in [1.29, 1.82) is 0 Å². The number of methoxy groups -OCH3 is 1. The summed E-state index contributed by atoms with van der Waals surface area (Å²) < 4.78 is 5.14. The van der Waals surface area contributed by atoms with Crippen LogP contribution in [0.15, 0.2) is 42.5 Å². The van der Waals surface area contributed by atoms with E-state index in [-0.39, 0.29) is 0 Å². The molecule has 94 valence electrons. The predicted molar refractivity (Wildman–Crippen MR) is 76.2 cm³/mol. The third-order valence-corrected chi connectivity index (χ3v) is 2.88. The number of ether oxygens (including phenoxy) is 1. The van der Waals surface area contributed by atoms with Crippen LogP contribution in [-0.2, 0) is 6.54 Å². The predicted octanol–water partition coefficient (Wildman–Crippen LogP) is 3.92. The monoisotopic (exact) mass is 241 g/mol. The molecule has 1 N–H and O–H groups in total. The average Bonchev–Trinajstić information content (AvgIpc) is 2.36. The van der Waals surface area contributed by atoms with Crippen LogP contribution in [-0.4, -0.2) is 7.11 Å². The van der Waals surface area contributed by atoms with Gasteiger partial charge in [0.1, 0.15) is 5.75 Å². The first-order valence-electron chi connectivity index (χ1n) is 6.12. The molecule has 0 aliphatic heterocycles. The van der Waals surface area contributed by atoms with Crippen LogP contribution in [0.2, 0.25) is 0 Å². The lowest BCUT2D eigenvalue weighted by atomic mass is 10.1. The zero-order valence-corrected chi connectivity index (χ0v) is 11.2. The first kappa shape index (κ1) is 12.5. The summed E-state index contributed by atoms with van der Waals surface area (Å²) in [6.07, 6.45) is 0. The van der Waals surface area contributed by atoms with Gasteiger partial charge >= 0.3 is 0 Å². The first-order chi connectivity index (χ1) is 8.67. The molecule has 0 aromatic heterocycles. The van der Waals surface area contributed by atoms with Crippen LogP contribution in [0.5, 0.6) is 5.75 Å². The molecule has 0 aliphatic rings. The Hall–Kier alpha value is -1.96. The molecule has 0 atom stereocenters. The smallest absolute Gasteiger partial charge is 0.118 e. The Balaban J connectivity index is 2.01. The molecule has 2 nitrogen and oxygen atoms in total. The molecule has 2 rings (SSSR count). The van der Waals surface area contributed by atoms with E-state index in [2.05, 4.69) is 49.5 Å². The lowest BCUT2D eigenvalue weighted by molar-refractivity contribution is 0.414. The zero-order valence-electron chi connectivity index (χ0n) is 11.2. The maximum absolute atomic E-state index is 5.14. The molecule has 0 aliphatic carbocycles. The molecule has 0 unspecified atom stereocenters. The Morgan fingerprint density at radius 3 is 2.11 bits per heavy atom. The molecule has 2 aromatic rings. The molecule has 0 amide bonds. The normalized spacial score (nSPS) is 10.2. The van der Waals surface area contributed by atoms with Crippen molar-refractivity contribution in [2.24, 2.45) is 0 Å². The minimum absolute atomic E-state index is 0.826. The number of hydrogen-bond acceptors (Lipinski definition) is 2. The van der Waals surface area contributed by atoms with Gasteiger partial charge in [0.25, 0.3) is 0 Å². The Morgan fingerprint density at radius 1 is 0.944 bits per heavy atom. The van der Waals surface area contributed by atoms with E-state index in [4.69, 9.17) is 4.74 Å². The Kier molecular flexibility index (Phi) is 3.88. The molecule has 0 fully saturated rings. The van der Waals surface area contributed by atoms with E-state index in [1.807, 2.05) is 12.1 Å². The number of anilines is 1. The van der Waals surface area contributed by atoms with Gasteiger partial charge in [-0.05, 0) is 54.8 Å². The van der Waals surface area contributed by atoms with Crippen LogP contribution in [0.1, 0.15) is 16.7 Å². The van der Waals surface area contributed by atoms with Gasteiger partial charge in [0, 0.05) is 12.2 Å². The highest BCUT2D eigenvalue weighted by atomic mass is 16.5. The van der Waals surface area contributed by atoms with E-state index in [0.29, 0.717) is 0 Å². The number of benzene rings is 2. The van der Waals surface area contributed by atoms with Gasteiger partial charge in [0.2, 0.25) is 0 Å². The topological polar surface area (TPSA) is 21.3 Å². The van der Waals surface area contributed by atoms with Crippen LogP contribution in [0.3, 0.4) is 0 Å². The number of hydrogen-bond donors (Lipinski definition) is 1. The van der Waals surface area contributed by atoms with Crippen molar-refractivity contribution in [3.8, 4) is 5.75 Å². The maximum atomic E-state index is 5.14. The molecule has 0 spiro atoms. The van der Waals surface area contributed by atoms with Crippen LogP contribution in [0.25, 0.3) is 0 Å². The van der Waals surface area contributed by atoms with E-state index >= 15 is 0 Å². The summed E-state index contributed by atoms with van der Waals surface area (Å²) >= 11 is 0. The Bertz CT molecular complexity index is 497.